The maximum atomic E-state index is 6.21. The van der Waals surface area contributed by atoms with Crippen LogP contribution < -0.4 is 14.5 Å². The van der Waals surface area contributed by atoms with E-state index in [1.807, 2.05) is 36.0 Å². The summed E-state index contributed by atoms with van der Waals surface area (Å²) in [5, 5.41) is 13.9. The van der Waals surface area contributed by atoms with Crippen LogP contribution >= 0.6 is 11.8 Å². The van der Waals surface area contributed by atoms with Crippen LogP contribution in [0.4, 0.5) is 34.1 Å². The lowest BCUT2D eigenvalue weighted by Crippen LogP contribution is -2.15. The van der Waals surface area contributed by atoms with E-state index in [1.54, 1.807) is 0 Å². The third-order valence-corrected chi connectivity index (χ3v) is 26.3. The molecule has 0 amide bonds. The molecule has 27 rings (SSSR count). The van der Waals surface area contributed by atoms with Gasteiger partial charge in [0, 0.05) is 139 Å². The summed E-state index contributed by atoms with van der Waals surface area (Å²) in [5.41, 5.74) is 28.2. The Kier molecular flexibility index (Phi) is 16.7. The number of nitrogens with zero attached hydrogens (tertiary/aromatic N) is 9. The Hall–Kier alpha value is -16.5. The van der Waals surface area contributed by atoms with E-state index in [-0.39, 0.29) is 0 Å². The van der Waals surface area contributed by atoms with Gasteiger partial charge in [0.15, 0.2) is 11.5 Å². The molecule has 7 aromatic heterocycles. The molecule has 18 aromatic carbocycles. The minimum absolute atomic E-state index is 0.856. The summed E-state index contributed by atoms with van der Waals surface area (Å²) in [6.07, 6.45) is 6.60. The molecule has 0 aliphatic carbocycles. The van der Waals surface area contributed by atoms with E-state index >= 15 is 0 Å². The molecule has 2 aliphatic rings. The molecule has 25 aromatic rings. The fraction of sp³-hybridized carbons (Fsp3) is 0. The first kappa shape index (κ1) is 71.4. The lowest BCUT2D eigenvalue weighted by atomic mass is 10.1. The van der Waals surface area contributed by atoms with Crippen LogP contribution in [0.3, 0.4) is 0 Å². The lowest BCUT2D eigenvalue weighted by molar-refractivity contribution is 0.477. The van der Waals surface area contributed by atoms with E-state index in [0.29, 0.717) is 0 Å². The number of anilines is 6. The van der Waals surface area contributed by atoms with Crippen molar-refractivity contribution in [2.24, 2.45) is 0 Å². The van der Waals surface area contributed by atoms with Crippen LogP contribution in [-0.2, 0) is 0 Å². The number of benzene rings is 18. The standard InChI is InChI=1S/C38H25N3O.C38H25N3S.C38H25N3/c1-2-10-27(11-3-1)41-33-13-5-4-12-29(33)30-22-23-32-31(38(30)41)24-25-39(32)26-18-20-28(21-19-26)40-34-14-6-8-16-36(34)42-37-17-9-7-15-35(37)40;1-2-11-26(12-3-1)41-33-16-5-4-15-29(33)30-21-22-32-31(38(30)41)23-24-39(32)27-13-10-14-28(25-27)40-34-17-6-8-19-36(34)42-37-20-9-7-18-35(37)40;1-2-10-27(11-3-1)41-37-17-9-6-14-31(37)32-22-23-34-33(38(32)41)24-25-39(34)26-18-20-28(21-19-26)40-35-15-7-4-12-29(35)30-13-5-8-16-36(30)40/h2*1-25H;1-25H. The summed E-state index contributed by atoms with van der Waals surface area (Å²) in [4.78, 5) is 7.20. The fourth-order valence-corrected chi connectivity index (χ4v) is 20.8. The molecule has 0 atom stereocenters. The zero-order valence-electron chi connectivity index (χ0n) is 67.6. The number of rotatable bonds is 9. The molecule has 11 heteroatoms. The van der Waals surface area contributed by atoms with Gasteiger partial charge in [0.25, 0.3) is 0 Å². The van der Waals surface area contributed by atoms with Gasteiger partial charge in [0.1, 0.15) is 0 Å². The lowest BCUT2D eigenvalue weighted by Gasteiger charge is -2.33. The van der Waals surface area contributed by atoms with E-state index in [4.69, 9.17) is 4.74 Å². The highest BCUT2D eigenvalue weighted by Crippen LogP contribution is 2.54. The zero-order valence-corrected chi connectivity index (χ0v) is 68.5. The highest BCUT2D eigenvalue weighted by Gasteiger charge is 2.29. The van der Waals surface area contributed by atoms with Crippen LogP contribution in [0.1, 0.15) is 0 Å². The van der Waals surface area contributed by atoms with Gasteiger partial charge >= 0.3 is 0 Å². The van der Waals surface area contributed by atoms with Crippen molar-refractivity contribution < 1.29 is 4.74 Å². The first-order valence-electron chi connectivity index (χ1n) is 42.4. The molecule has 9 heterocycles. The van der Waals surface area contributed by atoms with Crippen molar-refractivity contribution in [2.75, 3.05) is 9.80 Å². The molecule has 10 nitrogen and oxygen atoms in total. The molecular formula is C114H75N9OS. The maximum Gasteiger partial charge on any atom is 0.151 e. The van der Waals surface area contributed by atoms with Crippen LogP contribution in [0.2, 0.25) is 0 Å². The number of aromatic nitrogens is 7. The Bertz CT molecular complexity index is 8420. The van der Waals surface area contributed by atoms with Gasteiger partial charge in [0.2, 0.25) is 0 Å². The second-order valence-electron chi connectivity index (χ2n) is 32.0. The van der Waals surface area contributed by atoms with E-state index in [0.717, 1.165) is 57.0 Å². The second-order valence-corrected chi connectivity index (χ2v) is 33.1. The van der Waals surface area contributed by atoms with Crippen molar-refractivity contribution in [1.29, 1.82) is 0 Å². The van der Waals surface area contributed by atoms with Crippen LogP contribution in [0.25, 0.3) is 160 Å². The smallest absolute Gasteiger partial charge is 0.151 e. The molecule has 0 bridgehead atoms. The molecule has 2 aliphatic heterocycles. The van der Waals surface area contributed by atoms with Crippen molar-refractivity contribution in [3.63, 3.8) is 0 Å². The molecule has 0 radical (unpaired) electrons. The van der Waals surface area contributed by atoms with Crippen LogP contribution in [0.5, 0.6) is 11.5 Å². The summed E-state index contributed by atoms with van der Waals surface area (Å²) < 4.78 is 22.7. The van der Waals surface area contributed by atoms with E-state index in [9.17, 15) is 0 Å². The molecule has 588 valence electrons. The van der Waals surface area contributed by atoms with Crippen LogP contribution in [0, 0.1) is 0 Å². The van der Waals surface area contributed by atoms with Crippen molar-refractivity contribution in [3.8, 4) is 51.3 Å². The van der Waals surface area contributed by atoms with Gasteiger partial charge in [-0.15, -0.1) is 0 Å². The van der Waals surface area contributed by atoms with Gasteiger partial charge < -0.3 is 46.5 Å². The number of hydrogen-bond acceptors (Lipinski definition) is 4. The first-order valence-corrected chi connectivity index (χ1v) is 43.3. The normalized spacial score (nSPS) is 12.3. The summed E-state index contributed by atoms with van der Waals surface area (Å²) in [7, 11) is 0. The molecule has 0 saturated heterocycles. The Morgan fingerprint density at radius 2 is 0.456 bits per heavy atom. The van der Waals surface area contributed by atoms with E-state index in [2.05, 4.69) is 473 Å². The SMILES string of the molecule is c1ccc(-n2c3ccccc3c3ccc4c(ccn4-c4ccc(-n5c6ccccc6c6ccccc65)cc4)c32)cc1.c1ccc(-n2c3ccccc3c3ccc4c(ccn4-c4ccc(N5c6ccccc6Oc6ccccc65)cc4)c32)cc1.c1ccc(-n2c3ccccc3c3ccc4c(ccn4-c4cccc(N5c6ccccc6Sc6ccccc65)c4)c32)cc1. The molecule has 0 unspecified atom stereocenters. The monoisotopic (exact) mass is 1620 g/mol. The number of para-hydroxylation sites is 14. The third-order valence-electron chi connectivity index (χ3n) is 25.1. The quantitative estimate of drug-likeness (QED) is 0.145. The summed E-state index contributed by atoms with van der Waals surface area (Å²) in [6, 6.07) is 156. The number of hydrogen-bond donors (Lipinski definition) is 0. The van der Waals surface area contributed by atoms with Crippen LogP contribution in [-0.4, -0.2) is 32.0 Å². The van der Waals surface area contributed by atoms with Crippen molar-refractivity contribution in [2.45, 2.75) is 9.79 Å². The highest BCUT2D eigenvalue weighted by atomic mass is 32.2. The van der Waals surface area contributed by atoms with Gasteiger partial charge in [0.05, 0.1) is 83.4 Å². The molecule has 125 heavy (non-hydrogen) atoms. The summed E-state index contributed by atoms with van der Waals surface area (Å²) >= 11 is 1.84. The largest absolute Gasteiger partial charge is 0.453 e. The second kappa shape index (κ2) is 29.2. The van der Waals surface area contributed by atoms with Crippen molar-refractivity contribution in [3.05, 3.63) is 455 Å². The van der Waals surface area contributed by atoms with Gasteiger partial charge in [-0.25, -0.2) is 0 Å². The van der Waals surface area contributed by atoms with Gasteiger partial charge in [-0.2, -0.15) is 0 Å². The molecule has 0 saturated carbocycles. The predicted octanol–water partition coefficient (Wildman–Crippen LogP) is 30.8. The molecule has 0 N–H and O–H groups in total. The fourth-order valence-electron chi connectivity index (χ4n) is 19.7. The number of ether oxygens (including phenoxy) is 1. The Labute approximate surface area is 723 Å². The minimum Gasteiger partial charge on any atom is -0.453 e. The summed E-state index contributed by atoms with van der Waals surface area (Å²) in [5.74, 6) is 1.71. The van der Waals surface area contributed by atoms with Crippen molar-refractivity contribution in [1.82, 2.24) is 32.0 Å². The van der Waals surface area contributed by atoms with E-state index < -0.39 is 0 Å². The molecule has 0 fully saturated rings. The van der Waals surface area contributed by atoms with Gasteiger partial charge in [-0.1, -0.05) is 230 Å². The third kappa shape index (κ3) is 11.5. The van der Waals surface area contributed by atoms with Gasteiger partial charge in [-0.3, -0.25) is 0 Å². The van der Waals surface area contributed by atoms with Gasteiger partial charge in [-0.05, 0) is 218 Å². The molecular weight excluding hydrogens is 1540 g/mol. The predicted molar refractivity (Wildman–Crippen MR) is 521 cm³/mol. The first-order chi connectivity index (χ1) is 62.1. The van der Waals surface area contributed by atoms with Crippen molar-refractivity contribution >= 4 is 166 Å². The minimum atomic E-state index is 0.856. The number of fused-ring (bicyclic) bond motifs is 22. The maximum absolute atomic E-state index is 6.21. The molecule has 0 spiro atoms. The Balaban J connectivity index is 0.000000102. The highest BCUT2D eigenvalue weighted by molar-refractivity contribution is 7.99. The van der Waals surface area contributed by atoms with Crippen LogP contribution in [0.15, 0.2) is 465 Å². The zero-order chi connectivity index (χ0) is 82.2. The average molecular weight is 1620 g/mol. The topological polar surface area (TPSA) is 50.2 Å². The Morgan fingerprint density at radius 1 is 0.168 bits per heavy atom. The van der Waals surface area contributed by atoms with E-state index in [1.165, 1.54) is 158 Å². The summed E-state index contributed by atoms with van der Waals surface area (Å²) in [6.45, 7) is 0. The average Bonchev–Trinajstić information content (AvgIpc) is 1.58. The Morgan fingerprint density at radius 3 is 0.864 bits per heavy atom.